The highest BCUT2D eigenvalue weighted by molar-refractivity contribution is 14.0. The Morgan fingerprint density at radius 3 is 2.56 bits per heavy atom. The maximum absolute atomic E-state index is 5.81. The quantitative estimate of drug-likeness (QED) is 0.363. The summed E-state index contributed by atoms with van der Waals surface area (Å²) < 4.78 is 11.6. The molecule has 0 unspecified atom stereocenters. The maximum atomic E-state index is 5.81. The van der Waals surface area contributed by atoms with Crippen LogP contribution in [0.5, 0.6) is 5.75 Å². The van der Waals surface area contributed by atoms with Gasteiger partial charge in [-0.05, 0) is 19.1 Å². The Bertz CT molecular complexity index is 696. The molecule has 0 saturated carbocycles. The van der Waals surface area contributed by atoms with Crippen molar-refractivity contribution in [2.45, 2.75) is 39.7 Å². The molecular weight excluding hydrogens is 455 g/mol. The number of nitrogens with one attached hydrogen (secondary N) is 1. The minimum absolute atomic E-state index is 0. The van der Waals surface area contributed by atoms with Gasteiger partial charge >= 0.3 is 0 Å². The molecule has 0 aliphatic rings. The van der Waals surface area contributed by atoms with Crippen molar-refractivity contribution in [2.75, 3.05) is 26.7 Å². The number of hydrogen-bond acceptors (Lipinski definition) is 4. The van der Waals surface area contributed by atoms with Gasteiger partial charge in [-0.15, -0.1) is 24.0 Å². The minimum atomic E-state index is -0.0506. The van der Waals surface area contributed by atoms with Crippen LogP contribution in [-0.2, 0) is 12.0 Å². The second-order valence-corrected chi connectivity index (χ2v) is 7.12. The van der Waals surface area contributed by atoms with E-state index in [0.29, 0.717) is 19.0 Å². The van der Waals surface area contributed by atoms with Crippen LogP contribution >= 0.6 is 24.0 Å². The lowest BCUT2D eigenvalue weighted by molar-refractivity contribution is 0.281. The van der Waals surface area contributed by atoms with Crippen molar-refractivity contribution in [3.05, 3.63) is 48.2 Å². The Hall–Kier alpha value is -1.77. The number of hydrogen-bond donors (Lipinski definition) is 1. The van der Waals surface area contributed by atoms with E-state index in [1.807, 2.05) is 49.2 Å². The van der Waals surface area contributed by atoms with Gasteiger partial charge in [0, 0.05) is 19.0 Å². The average molecular weight is 486 g/mol. The molecule has 0 atom stereocenters. The smallest absolute Gasteiger partial charge is 0.216 e. The topological polar surface area (TPSA) is 62.9 Å². The van der Waals surface area contributed by atoms with E-state index in [9.17, 15) is 0 Å². The van der Waals surface area contributed by atoms with Crippen LogP contribution < -0.4 is 10.1 Å². The molecule has 0 spiro atoms. The Morgan fingerprint density at radius 2 is 1.96 bits per heavy atom. The number of para-hydroxylation sites is 1. The predicted molar refractivity (Wildman–Crippen MR) is 120 cm³/mol. The summed E-state index contributed by atoms with van der Waals surface area (Å²) in [5.74, 6) is 3.17. The minimum Gasteiger partial charge on any atom is -0.492 e. The third-order valence-corrected chi connectivity index (χ3v) is 3.79. The largest absolute Gasteiger partial charge is 0.492 e. The first kappa shape index (κ1) is 23.3. The molecular formula is C20H31IN4O2. The zero-order chi connectivity index (χ0) is 19.0. The molecule has 1 aromatic carbocycles. The number of nitrogens with zero attached hydrogens (tertiary/aromatic N) is 3. The van der Waals surface area contributed by atoms with Gasteiger partial charge in [-0.2, -0.15) is 0 Å². The third-order valence-electron chi connectivity index (χ3n) is 3.79. The van der Waals surface area contributed by atoms with Crippen LogP contribution in [0.1, 0.15) is 39.3 Å². The highest BCUT2D eigenvalue weighted by Crippen LogP contribution is 2.22. The number of aliphatic imine (C=N–C) groups is 1. The number of rotatable bonds is 7. The molecule has 0 bridgehead atoms. The van der Waals surface area contributed by atoms with Gasteiger partial charge in [0.15, 0.2) is 5.96 Å². The van der Waals surface area contributed by atoms with Crippen LogP contribution in [0, 0.1) is 0 Å². The summed E-state index contributed by atoms with van der Waals surface area (Å²) in [5.41, 5.74) is -0.0506. The fourth-order valence-corrected chi connectivity index (χ4v) is 2.27. The van der Waals surface area contributed by atoms with Crippen LogP contribution in [0.4, 0.5) is 0 Å². The predicted octanol–water partition coefficient (Wildman–Crippen LogP) is 4.07. The van der Waals surface area contributed by atoms with Crippen LogP contribution in [0.3, 0.4) is 0 Å². The second kappa shape index (κ2) is 11.2. The third kappa shape index (κ3) is 7.78. The lowest BCUT2D eigenvalue weighted by Gasteiger charge is -2.22. The molecule has 0 saturated heterocycles. The zero-order valence-electron chi connectivity index (χ0n) is 16.9. The van der Waals surface area contributed by atoms with Gasteiger partial charge in [0.25, 0.3) is 0 Å². The van der Waals surface area contributed by atoms with Crippen molar-refractivity contribution in [1.29, 1.82) is 0 Å². The Kier molecular flexibility index (Phi) is 9.62. The number of likely N-dealkylation sites (N-methyl/N-ethyl adjacent to an activating group) is 1. The van der Waals surface area contributed by atoms with Gasteiger partial charge in [0.2, 0.25) is 5.89 Å². The summed E-state index contributed by atoms with van der Waals surface area (Å²) in [6.45, 7) is 10.9. The monoisotopic (exact) mass is 486 g/mol. The summed E-state index contributed by atoms with van der Waals surface area (Å²) in [6, 6.07) is 9.81. The van der Waals surface area contributed by atoms with Crippen molar-refractivity contribution >= 4 is 29.9 Å². The van der Waals surface area contributed by atoms with Crippen molar-refractivity contribution in [1.82, 2.24) is 15.2 Å². The first-order valence-electron chi connectivity index (χ1n) is 9.02. The molecule has 0 amide bonds. The maximum Gasteiger partial charge on any atom is 0.216 e. The number of halogens is 1. The van der Waals surface area contributed by atoms with Gasteiger partial charge in [-0.1, -0.05) is 39.0 Å². The first-order valence-corrected chi connectivity index (χ1v) is 9.02. The average Bonchev–Trinajstić information content (AvgIpc) is 3.09. The van der Waals surface area contributed by atoms with E-state index in [1.54, 1.807) is 6.20 Å². The zero-order valence-corrected chi connectivity index (χ0v) is 19.2. The molecule has 1 heterocycles. The fraction of sp³-hybridized carbons (Fsp3) is 0.500. The lowest BCUT2D eigenvalue weighted by Crippen LogP contribution is -2.40. The molecule has 2 aromatic rings. The molecule has 7 heteroatoms. The van der Waals surface area contributed by atoms with Gasteiger partial charge in [0.1, 0.15) is 24.7 Å². The molecule has 1 N–H and O–H groups in total. The Morgan fingerprint density at radius 1 is 1.26 bits per heavy atom. The van der Waals surface area contributed by atoms with E-state index >= 15 is 0 Å². The van der Waals surface area contributed by atoms with Gasteiger partial charge in [0.05, 0.1) is 12.7 Å². The first-order chi connectivity index (χ1) is 12.4. The molecule has 0 aliphatic carbocycles. The number of ether oxygens (including phenoxy) is 1. The standard InChI is InChI=1S/C20H30N4O2.HI/c1-6-21-19(23-15-18-22-14-17(26-18)20(2,3)4)24(5)12-13-25-16-10-8-7-9-11-16;/h7-11,14H,6,12-13,15H2,1-5H3,(H,21,23);1H. The van der Waals surface area contributed by atoms with Crippen molar-refractivity contribution in [3.63, 3.8) is 0 Å². The van der Waals surface area contributed by atoms with Crippen molar-refractivity contribution in [2.24, 2.45) is 4.99 Å². The van der Waals surface area contributed by atoms with E-state index in [-0.39, 0.29) is 29.4 Å². The van der Waals surface area contributed by atoms with Crippen LogP contribution in [0.2, 0.25) is 0 Å². The van der Waals surface area contributed by atoms with E-state index < -0.39 is 0 Å². The summed E-state index contributed by atoms with van der Waals surface area (Å²) in [5, 5.41) is 3.29. The number of oxazole rings is 1. The lowest BCUT2D eigenvalue weighted by atomic mass is 9.94. The highest BCUT2D eigenvalue weighted by Gasteiger charge is 2.19. The number of aromatic nitrogens is 1. The number of guanidine groups is 1. The summed E-state index contributed by atoms with van der Waals surface area (Å²) in [6.07, 6.45) is 1.79. The normalized spacial score (nSPS) is 11.7. The summed E-state index contributed by atoms with van der Waals surface area (Å²) >= 11 is 0. The molecule has 1 aromatic heterocycles. The van der Waals surface area contributed by atoms with Crippen molar-refractivity contribution < 1.29 is 9.15 Å². The number of benzene rings is 1. The van der Waals surface area contributed by atoms with E-state index in [2.05, 4.69) is 36.1 Å². The SMILES string of the molecule is CCNC(=NCc1ncc(C(C)(C)C)o1)N(C)CCOc1ccccc1.I. The highest BCUT2D eigenvalue weighted by atomic mass is 127. The molecule has 0 aliphatic heterocycles. The fourth-order valence-electron chi connectivity index (χ4n) is 2.27. The molecule has 2 rings (SSSR count). The van der Waals surface area contributed by atoms with Crippen LogP contribution in [-0.4, -0.2) is 42.6 Å². The second-order valence-electron chi connectivity index (χ2n) is 7.12. The molecule has 0 fully saturated rings. The van der Waals surface area contributed by atoms with E-state index in [1.165, 1.54) is 0 Å². The summed E-state index contributed by atoms with van der Waals surface area (Å²) in [7, 11) is 1.99. The Labute approximate surface area is 179 Å². The van der Waals surface area contributed by atoms with Crippen LogP contribution in [0.15, 0.2) is 45.9 Å². The molecule has 150 valence electrons. The Balaban J connectivity index is 0.00000364. The van der Waals surface area contributed by atoms with Crippen LogP contribution in [0.25, 0.3) is 0 Å². The van der Waals surface area contributed by atoms with Gasteiger partial charge < -0.3 is 19.4 Å². The molecule has 6 nitrogen and oxygen atoms in total. The molecule has 27 heavy (non-hydrogen) atoms. The molecule has 0 radical (unpaired) electrons. The van der Waals surface area contributed by atoms with Crippen molar-refractivity contribution in [3.8, 4) is 5.75 Å². The van der Waals surface area contributed by atoms with Gasteiger partial charge in [-0.25, -0.2) is 9.98 Å². The van der Waals surface area contributed by atoms with Gasteiger partial charge in [-0.3, -0.25) is 0 Å². The van der Waals surface area contributed by atoms with E-state index in [0.717, 1.165) is 30.6 Å². The van der Waals surface area contributed by atoms with E-state index in [4.69, 9.17) is 9.15 Å². The summed E-state index contributed by atoms with van der Waals surface area (Å²) in [4.78, 5) is 11.0.